The molecule has 24 heavy (non-hydrogen) atoms. The molecule has 132 valence electrons. The number of hydrogen-bond acceptors (Lipinski definition) is 5. The number of piperidine rings is 1. The Morgan fingerprint density at radius 1 is 1.25 bits per heavy atom. The lowest BCUT2D eigenvalue weighted by atomic mass is 9.90. The number of morpholine rings is 1. The van der Waals surface area contributed by atoms with Crippen LogP contribution in [0.25, 0.3) is 0 Å². The second-order valence-electron chi connectivity index (χ2n) is 6.27. The maximum atomic E-state index is 12.8. The minimum absolute atomic E-state index is 0.00235. The van der Waals surface area contributed by atoms with Gasteiger partial charge in [0, 0.05) is 13.1 Å². The highest BCUT2D eigenvalue weighted by Crippen LogP contribution is 2.34. The van der Waals surface area contributed by atoms with E-state index < -0.39 is 16.0 Å². The van der Waals surface area contributed by atoms with Gasteiger partial charge in [-0.3, -0.25) is 4.79 Å². The first kappa shape index (κ1) is 17.5. The average molecular weight is 353 g/mol. The molecule has 0 radical (unpaired) electrons. The Bertz CT molecular complexity index is 631. The fourth-order valence-corrected chi connectivity index (χ4v) is 4.87. The monoisotopic (exact) mass is 353 g/mol. The van der Waals surface area contributed by atoms with Gasteiger partial charge in [0.15, 0.2) is 15.3 Å². The number of nitrogens with zero attached hydrogens (tertiary/aromatic N) is 2. The molecular weight excluding hydrogens is 330 g/mol. The maximum absolute atomic E-state index is 12.8. The number of likely N-dealkylation sites (tertiary alicyclic amines) is 1. The molecule has 0 bridgehead atoms. The fourth-order valence-electron chi connectivity index (χ4n) is 3.35. The molecule has 2 saturated heterocycles. The second-order valence-corrected chi connectivity index (χ2v) is 8.21. The largest absolute Gasteiger partial charge is 0.593 e. The molecule has 0 aromatic heterocycles. The van der Waals surface area contributed by atoms with Crippen LogP contribution < -0.4 is 5.73 Å². The van der Waals surface area contributed by atoms with Crippen LogP contribution in [0.1, 0.15) is 12.8 Å². The molecule has 0 aliphatic carbocycles. The van der Waals surface area contributed by atoms with E-state index in [1.165, 1.54) is 4.31 Å². The summed E-state index contributed by atoms with van der Waals surface area (Å²) < 4.78 is 33.1. The lowest BCUT2D eigenvalue weighted by Gasteiger charge is -2.46. The van der Waals surface area contributed by atoms with Crippen LogP contribution in [0.2, 0.25) is 0 Å². The molecule has 3 rings (SSSR count). The van der Waals surface area contributed by atoms with E-state index in [9.17, 15) is 13.6 Å². The molecule has 1 unspecified atom stereocenters. The normalized spacial score (nSPS) is 23.8. The van der Waals surface area contributed by atoms with Crippen LogP contribution in [0.3, 0.4) is 0 Å². The summed E-state index contributed by atoms with van der Waals surface area (Å²) in [5.74, 6) is -0.0746. The Balaban J connectivity index is 1.71. The van der Waals surface area contributed by atoms with E-state index in [0.717, 1.165) is 0 Å². The van der Waals surface area contributed by atoms with E-state index in [2.05, 4.69) is 0 Å². The van der Waals surface area contributed by atoms with Gasteiger partial charge in [-0.25, -0.2) is 0 Å². The van der Waals surface area contributed by atoms with Gasteiger partial charge in [-0.2, -0.15) is 0 Å². The van der Waals surface area contributed by atoms with Gasteiger partial charge in [0.1, 0.15) is 0 Å². The van der Waals surface area contributed by atoms with E-state index in [4.69, 9.17) is 10.5 Å². The zero-order valence-corrected chi connectivity index (χ0v) is 14.4. The van der Waals surface area contributed by atoms with E-state index in [1.54, 1.807) is 35.2 Å². The predicted molar refractivity (Wildman–Crippen MR) is 88.7 cm³/mol. The van der Waals surface area contributed by atoms with Gasteiger partial charge in [-0.05, 0) is 25.0 Å². The molecule has 0 saturated carbocycles. The van der Waals surface area contributed by atoms with Gasteiger partial charge in [0.05, 0.1) is 31.8 Å². The van der Waals surface area contributed by atoms with Crippen molar-refractivity contribution in [2.45, 2.75) is 23.3 Å². The SMILES string of the molecule is NCC(=O)N1CCC2(CC1)CN([S+](=O)([O-])c1ccccc1)CCO2. The second kappa shape index (κ2) is 6.89. The van der Waals surface area contributed by atoms with Crippen LogP contribution in [0.5, 0.6) is 0 Å². The maximum Gasteiger partial charge on any atom is 0.236 e. The number of rotatable bonds is 3. The van der Waals surface area contributed by atoms with Crippen molar-refractivity contribution in [2.24, 2.45) is 5.73 Å². The Morgan fingerprint density at radius 3 is 2.54 bits per heavy atom. The number of sulfonamides is 1. The summed E-state index contributed by atoms with van der Waals surface area (Å²) in [7, 11) is -3.52. The fraction of sp³-hybridized carbons (Fsp3) is 0.562. The third-order valence-corrected chi connectivity index (χ3v) is 6.66. The van der Waals surface area contributed by atoms with Crippen LogP contribution in [0.4, 0.5) is 0 Å². The van der Waals surface area contributed by atoms with Gasteiger partial charge in [0.25, 0.3) is 0 Å². The van der Waals surface area contributed by atoms with E-state index >= 15 is 0 Å². The molecule has 1 atom stereocenters. The lowest BCUT2D eigenvalue weighted by Crippen LogP contribution is -2.59. The van der Waals surface area contributed by atoms with Crippen LogP contribution in [0.15, 0.2) is 35.2 Å². The highest BCUT2D eigenvalue weighted by atomic mass is 32.3. The number of nitrogens with two attached hydrogens (primary N) is 1. The Morgan fingerprint density at radius 2 is 1.92 bits per heavy atom. The number of hydrogen-bond donors (Lipinski definition) is 1. The van der Waals surface area contributed by atoms with Crippen molar-refractivity contribution in [3.05, 3.63) is 30.3 Å². The summed E-state index contributed by atoms with van der Waals surface area (Å²) in [5, 5.41) is 0. The van der Waals surface area contributed by atoms with Crippen molar-refractivity contribution in [2.75, 3.05) is 39.3 Å². The highest BCUT2D eigenvalue weighted by Gasteiger charge is 2.45. The topological polar surface area (TPSA) is 98.9 Å². The van der Waals surface area contributed by atoms with Crippen LogP contribution in [-0.2, 0) is 24.1 Å². The lowest BCUT2D eigenvalue weighted by molar-refractivity contribution is -0.143. The number of carbonyl (C=O) groups is 1. The molecule has 1 aromatic carbocycles. The standard InChI is InChI=1S/C16H23N3O4S/c17-12-15(20)18-8-6-16(7-9-18)13-19(10-11-23-16)24(21,22)14-4-2-1-3-5-14/h1-5H,6-13,17H2. The molecule has 1 spiro atoms. The Labute approximate surface area is 143 Å². The first-order valence-corrected chi connectivity index (χ1v) is 9.58. The van der Waals surface area contributed by atoms with Crippen molar-refractivity contribution in [3.8, 4) is 0 Å². The molecular formula is C16H23N3O4S. The molecule has 7 nitrogen and oxygen atoms in total. The van der Waals surface area contributed by atoms with Crippen LogP contribution in [0, 0.1) is 0 Å². The number of carbonyl (C=O) groups excluding carboxylic acids is 1. The summed E-state index contributed by atoms with van der Waals surface area (Å²) in [5.41, 5.74) is 4.90. The molecule has 2 N–H and O–H groups in total. The van der Waals surface area contributed by atoms with Gasteiger partial charge >= 0.3 is 0 Å². The predicted octanol–water partition coefficient (Wildman–Crippen LogP) is 0.243. The Hall–Kier alpha value is -1.32. The molecule has 1 aromatic rings. The molecule has 2 aliphatic heterocycles. The molecule has 1 amide bonds. The van der Waals surface area contributed by atoms with Gasteiger partial charge in [-0.15, -0.1) is 4.31 Å². The van der Waals surface area contributed by atoms with Crippen molar-refractivity contribution in [3.63, 3.8) is 0 Å². The molecule has 8 heteroatoms. The van der Waals surface area contributed by atoms with E-state index in [-0.39, 0.29) is 12.5 Å². The molecule has 2 fully saturated rings. The third kappa shape index (κ3) is 3.38. The van der Waals surface area contributed by atoms with Gasteiger partial charge in [-0.1, -0.05) is 22.4 Å². The summed E-state index contributed by atoms with van der Waals surface area (Å²) in [6.45, 7) is 2.16. The molecule has 2 aliphatic rings. The minimum Gasteiger partial charge on any atom is -0.593 e. The summed E-state index contributed by atoms with van der Waals surface area (Å²) in [6, 6.07) is 8.46. The van der Waals surface area contributed by atoms with Gasteiger partial charge in [0.2, 0.25) is 5.91 Å². The quantitative estimate of drug-likeness (QED) is 0.785. The highest BCUT2D eigenvalue weighted by molar-refractivity contribution is 7.95. The number of benzene rings is 1. The summed E-state index contributed by atoms with van der Waals surface area (Å²) in [6.07, 6.45) is 1.25. The first-order chi connectivity index (χ1) is 11.5. The Kier molecular flexibility index (Phi) is 5.03. The number of ether oxygens (including phenoxy) is 1. The first-order valence-electron chi connectivity index (χ1n) is 8.14. The zero-order valence-electron chi connectivity index (χ0n) is 13.6. The van der Waals surface area contributed by atoms with E-state index in [0.29, 0.717) is 50.5 Å². The van der Waals surface area contributed by atoms with Crippen molar-refractivity contribution in [1.82, 2.24) is 9.21 Å². The number of amides is 1. The van der Waals surface area contributed by atoms with Gasteiger partial charge < -0.3 is 19.9 Å². The zero-order chi connectivity index (χ0) is 17.2. The van der Waals surface area contributed by atoms with Crippen molar-refractivity contribution in [1.29, 1.82) is 0 Å². The van der Waals surface area contributed by atoms with Crippen LogP contribution >= 0.6 is 0 Å². The van der Waals surface area contributed by atoms with Crippen molar-refractivity contribution < 1.29 is 18.3 Å². The van der Waals surface area contributed by atoms with Crippen LogP contribution in [-0.4, -0.2) is 64.6 Å². The summed E-state index contributed by atoms with van der Waals surface area (Å²) >= 11 is 0. The third-order valence-electron chi connectivity index (χ3n) is 4.80. The average Bonchev–Trinajstić information content (AvgIpc) is 2.62. The molecule has 2 heterocycles. The smallest absolute Gasteiger partial charge is 0.236 e. The summed E-state index contributed by atoms with van der Waals surface area (Å²) in [4.78, 5) is 13.7. The van der Waals surface area contributed by atoms with E-state index in [1.807, 2.05) is 0 Å². The minimum atomic E-state index is -3.52. The van der Waals surface area contributed by atoms with Crippen molar-refractivity contribution >= 4 is 16.3 Å².